The molecule has 0 fully saturated rings. The molecule has 1 atom stereocenters. The van der Waals surface area contributed by atoms with E-state index in [4.69, 9.17) is 15.6 Å². The maximum Gasteiger partial charge on any atom is 0.326 e. The molecule has 1 rings (SSSR count). The van der Waals surface area contributed by atoms with Gasteiger partial charge in [-0.25, -0.2) is 4.98 Å². The minimum absolute atomic E-state index is 0.397. The molecule has 0 aliphatic rings. The van der Waals surface area contributed by atoms with E-state index in [1.165, 1.54) is 11.3 Å². The number of nitrogens with two attached hydrogens (primary N) is 1. The van der Waals surface area contributed by atoms with Gasteiger partial charge >= 0.3 is 5.97 Å². The summed E-state index contributed by atoms with van der Waals surface area (Å²) in [5, 5.41) is 11.4. The Balaban J connectivity index is 3.05. The quantitative estimate of drug-likeness (QED) is 0.795. The summed E-state index contributed by atoms with van der Waals surface area (Å²) in [7, 11) is 0. The molecule has 6 heteroatoms. The van der Waals surface area contributed by atoms with E-state index in [0.717, 1.165) is 17.8 Å². The van der Waals surface area contributed by atoms with E-state index in [1.807, 2.05) is 20.8 Å². The van der Waals surface area contributed by atoms with Gasteiger partial charge in [0.15, 0.2) is 0 Å². The Morgan fingerprint density at radius 3 is 2.61 bits per heavy atom. The molecule has 0 radical (unpaired) electrons. The average molecular weight is 272 g/mol. The first-order chi connectivity index (χ1) is 8.50. The van der Waals surface area contributed by atoms with Gasteiger partial charge in [-0.3, -0.25) is 4.79 Å². The third-order valence-corrected chi connectivity index (χ3v) is 4.11. The van der Waals surface area contributed by atoms with Gasteiger partial charge in [-0.1, -0.05) is 13.8 Å². The van der Waals surface area contributed by atoms with E-state index >= 15 is 0 Å². The van der Waals surface area contributed by atoms with Crippen molar-refractivity contribution >= 4 is 17.3 Å². The Labute approximate surface area is 111 Å². The molecule has 0 aliphatic carbocycles. The lowest BCUT2D eigenvalue weighted by Gasteiger charge is -2.29. The standard InChI is InChI=1S/C12H20N2O3S/c1-4-12(5-2,17-6-3)11-14-8(7-18-11)9(13)10(15)16/h7,9H,4-6,13H2,1-3H3,(H,15,16). The molecule has 1 aromatic rings. The van der Waals surface area contributed by atoms with Crippen molar-refractivity contribution in [3.05, 3.63) is 16.1 Å². The summed E-state index contributed by atoms with van der Waals surface area (Å²) in [6.07, 6.45) is 1.60. The molecule has 0 amide bonds. The summed E-state index contributed by atoms with van der Waals surface area (Å²) in [4.78, 5) is 15.2. The van der Waals surface area contributed by atoms with Crippen molar-refractivity contribution in [1.82, 2.24) is 4.98 Å². The molecule has 0 saturated heterocycles. The second-order valence-electron chi connectivity index (χ2n) is 4.03. The van der Waals surface area contributed by atoms with Crippen molar-refractivity contribution in [3.63, 3.8) is 0 Å². The summed E-state index contributed by atoms with van der Waals surface area (Å²) in [6, 6.07) is -1.07. The summed E-state index contributed by atoms with van der Waals surface area (Å²) in [6.45, 7) is 6.62. The molecular weight excluding hydrogens is 252 g/mol. The first kappa shape index (κ1) is 15.1. The van der Waals surface area contributed by atoms with E-state index < -0.39 is 17.6 Å². The SMILES string of the molecule is CCOC(CC)(CC)c1nc(C(N)C(=O)O)cs1. The van der Waals surface area contributed by atoms with Gasteiger partial charge in [0.2, 0.25) is 0 Å². The van der Waals surface area contributed by atoms with E-state index in [2.05, 4.69) is 4.98 Å². The number of carbonyl (C=O) groups is 1. The zero-order valence-corrected chi connectivity index (χ0v) is 11.8. The van der Waals surface area contributed by atoms with Crippen LogP contribution >= 0.6 is 11.3 Å². The maximum absolute atomic E-state index is 10.8. The van der Waals surface area contributed by atoms with Crippen LogP contribution in [0.5, 0.6) is 0 Å². The number of hydrogen-bond acceptors (Lipinski definition) is 5. The predicted molar refractivity (Wildman–Crippen MR) is 70.6 cm³/mol. The fourth-order valence-electron chi connectivity index (χ4n) is 1.86. The molecule has 0 bridgehead atoms. The Kier molecular flexibility index (Phi) is 5.25. The average Bonchev–Trinajstić information content (AvgIpc) is 2.85. The molecule has 1 aromatic heterocycles. The van der Waals surface area contributed by atoms with Gasteiger partial charge in [-0.05, 0) is 19.8 Å². The fourth-order valence-corrected chi connectivity index (χ4v) is 3.01. The van der Waals surface area contributed by atoms with Gasteiger partial charge in [0.1, 0.15) is 16.7 Å². The maximum atomic E-state index is 10.8. The highest BCUT2D eigenvalue weighted by Crippen LogP contribution is 2.35. The lowest BCUT2D eigenvalue weighted by atomic mass is 9.98. The molecule has 0 aromatic carbocycles. The van der Waals surface area contributed by atoms with Crippen molar-refractivity contribution < 1.29 is 14.6 Å². The Morgan fingerprint density at radius 2 is 2.17 bits per heavy atom. The molecule has 1 heterocycles. The minimum Gasteiger partial charge on any atom is -0.480 e. The lowest BCUT2D eigenvalue weighted by molar-refractivity contribution is -0.138. The van der Waals surface area contributed by atoms with Gasteiger partial charge in [0.05, 0.1) is 5.69 Å². The second kappa shape index (κ2) is 6.26. The third kappa shape index (κ3) is 2.88. The molecule has 0 aliphatic heterocycles. The number of nitrogens with zero attached hydrogens (tertiary/aromatic N) is 1. The number of aromatic nitrogens is 1. The number of carboxylic acids is 1. The summed E-state index contributed by atoms with van der Waals surface area (Å²) in [5.74, 6) is -1.07. The largest absolute Gasteiger partial charge is 0.480 e. The van der Waals surface area contributed by atoms with Crippen LogP contribution in [0.3, 0.4) is 0 Å². The van der Waals surface area contributed by atoms with Gasteiger partial charge in [0, 0.05) is 12.0 Å². The number of rotatable bonds is 7. The second-order valence-corrected chi connectivity index (χ2v) is 4.89. The van der Waals surface area contributed by atoms with E-state index in [0.29, 0.717) is 12.3 Å². The van der Waals surface area contributed by atoms with Crippen molar-refractivity contribution in [3.8, 4) is 0 Å². The minimum atomic E-state index is -1.07. The predicted octanol–water partition coefficient (Wildman–Crippen LogP) is 2.28. The topological polar surface area (TPSA) is 85.4 Å². The molecule has 0 spiro atoms. The highest BCUT2D eigenvalue weighted by molar-refractivity contribution is 7.09. The molecule has 1 unspecified atom stereocenters. The molecule has 3 N–H and O–H groups in total. The Bertz CT molecular complexity index is 402. The number of carboxylic acid groups (broad SMARTS) is 1. The zero-order chi connectivity index (χ0) is 13.8. The van der Waals surface area contributed by atoms with Crippen LogP contribution in [0.4, 0.5) is 0 Å². The number of thiazole rings is 1. The Hall–Kier alpha value is -0.980. The van der Waals surface area contributed by atoms with Crippen LogP contribution in [-0.2, 0) is 15.1 Å². The summed E-state index contributed by atoms with van der Waals surface area (Å²) >= 11 is 1.41. The first-order valence-corrected chi connectivity index (χ1v) is 6.97. The lowest BCUT2D eigenvalue weighted by Crippen LogP contribution is -2.29. The van der Waals surface area contributed by atoms with Crippen LogP contribution < -0.4 is 5.73 Å². The van der Waals surface area contributed by atoms with E-state index in [1.54, 1.807) is 5.38 Å². The van der Waals surface area contributed by atoms with Crippen molar-refractivity contribution in [2.75, 3.05) is 6.61 Å². The van der Waals surface area contributed by atoms with Crippen LogP contribution in [0.1, 0.15) is 50.4 Å². The molecule has 102 valence electrons. The fraction of sp³-hybridized carbons (Fsp3) is 0.667. The molecule has 0 saturated carbocycles. The van der Waals surface area contributed by atoms with Crippen LogP contribution in [0, 0.1) is 0 Å². The van der Waals surface area contributed by atoms with Crippen LogP contribution in [0.25, 0.3) is 0 Å². The van der Waals surface area contributed by atoms with Gasteiger partial charge in [0.25, 0.3) is 0 Å². The van der Waals surface area contributed by atoms with Crippen molar-refractivity contribution in [1.29, 1.82) is 0 Å². The smallest absolute Gasteiger partial charge is 0.326 e. The van der Waals surface area contributed by atoms with E-state index in [9.17, 15) is 4.79 Å². The molecular formula is C12H20N2O3S. The van der Waals surface area contributed by atoms with Gasteiger partial charge in [-0.2, -0.15) is 0 Å². The van der Waals surface area contributed by atoms with E-state index in [-0.39, 0.29) is 0 Å². The van der Waals surface area contributed by atoms with Crippen LogP contribution in [-0.4, -0.2) is 22.7 Å². The van der Waals surface area contributed by atoms with Crippen molar-refractivity contribution in [2.24, 2.45) is 5.73 Å². The third-order valence-electron chi connectivity index (χ3n) is 3.06. The van der Waals surface area contributed by atoms with Crippen LogP contribution in [0.15, 0.2) is 5.38 Å². The molecule has 5 nitrogen and oxygen atoms in total. The van der Waals surface area contributed by atoms with Crippen LogP contribution in [0.2, 0.25) is 0 Å². The first-order valence-electron chi connectivity index (χ1n) is 6.09. The van der Waals surface area contributed by atoms with Gasteiger partial charge in [-0.15, -0.1) is 11.3 Å². The summed E-state index contributed by atoms with van der Waals surface area (Å²) in [5.41, 5.74) is 5.53. The monoisotopic (exact) mass is 272 g/mol. The Morgan fingerprint density at radius 1 is 1.56 bits per heavy atom. The summed E-state index contributed by atoms with van der Waals surface area (Å²) < 4.78 is 5.83. The number of ether oxygens (including phenoxy) is 1. The highest BCUT2D eigenvalue weighted by Gasteiger charge is 2.33. The van der Waals surface area contributed by atoms with Gasteiger partial charge < -0.3 is 15.6 Å². The van der Waals surface area contributed by atoms with Crippen molar-refractivity contribution in [2.45, 2.75) is 45.3 Å². The number of aliphatic carboxylic acids is 1. The normalized spacial score (nSPS) is 13.6. The zero-order valence-electron chi connectivity index (χ0n) is 11.0. The number of hydrogen-bond donors (Lipinski definition) is 2. The highest BCUT2D eigenvalue weighted by atomic mass is 32.1. The molecule has 18 heavy (non-hydrogen) atoms.